The van der Waals surface area contributed by atoms with Crippen LogP contribution in [0.25, 0.3) is 0 Å². The lowest BCUT2D eigenvalue weighted by Crippen LogP contribution is -2.81. The topological polar surface area (TPSA) is 0 Å². The van der Waals surface area contributed by atoms with Crippen LogP contribution in [0.5, 0.6) is 0 Å². The summed E-state index contributed by atoms with van der Waals surface area (Å²) in [5.41, 5.74) is 7.86. The molecule has 0 unspecified atom stereocenters. The van der Waals surface area contributed by atoms with Gasteiger partial charge in [0.2, 0.25) is 0 Å². The minimum atomic E-state index is -1.38. The summed E-state index contributed by atoms with van der Waals surface area (Å²) < 4.78 is 0. The van der Waals surface area contributed by atoms with Crippen molar-refractivity contribution in [2.24, 2.45) is 0 Å². The Morgan fingerprint density at radius 3 is 1.62 bits per heavy atom. The lowest BCUT2D eigenvalue weighted by molar-refractivity contribution is 1.00. The fourth-order valence-corrected chi connectivity index (χ4v) is 99.2. The molecule has 1 aromatic carbocycles. The Morgan fingerprint density at radius 1 is 0.750 bits per heavy atom. The van der Waals surface area contributed by atoms with Crippen molar-refractivity contribution in [3.05, 3.63) is 53.4 Å². The fourth-order valence-electron chi connectivity index (χ4n) is 5.18. The van der Waals surface area contributed by atoms with Gasteiger partial charge in [-0.25, -0.2) is 0 Å². The molecular weight excluding hydrogens is 353 g/mol. The summed E-state index contributed by atoms with van der Waals surface area (Å²) in [4.78, 5) is 0. The van der Waals surface area contributed by atoms with Gasteiger partial charge in [-0.05, 0) is 24.5 Å². The molecule has 0 N–H and O–H groups in total. The smallest absolute Gasteiger partial charge is 0.0691 e. The van der Waals surface area contributed by atoms with Crippen molar-refractivity contribution in [3.63, 3.8) is 0 Å². The Kier molecular flexibility index (Phi) is 7.11. The maximum Gasteiger partial charge on any atom is 0.0691 e. The van der Waals surface area contributed by atoms with Crippen molar-refractivity contribution in [1.82, 2.24) is 0 Å². The highest BCUT2D eigenvalue weighted by molar-refractivity contribution is 7.90. The van der Waals surface area contributed by atoms with E-state index in [1.54, 1.807) is 0 Å². The Labute approximate surface area is 154 Å². The summed E-state index contributed by atoms with van der Waals surface area (Å²) in [5.74, 6) is 0. The highest BCUT2D eigenvalue weighted by atomic mass is 29.9. The molecular formula is C20H38Si4. The second kappa shape index (κ2) is 7.88. The van der Waals surface area contributed by atoms with Crippen LogP contribution in [0.4, 0.5) is 0 Å². The van der Waals surface area contributed by atoms with Crippen molar-refractivity contribution in [3.8, 4) is 0 Å². The SMILES string of the molecule is C[Si](C)(C)[Si](C=C=CCCc1ccccc1)([Si](C)(C)C)[Si](C)(C)C. The van der Waals surface area contributed by atoms with Gasteiger partial charge in [-0.1, -0.05) is 95.0 Å². The summed E-state index contributed by atoms with van der Waals surface area (Å²) >= 11 is 0. The average molecular weight is 391 g/mol. The standard InChI is InChI=1S/C20H38Si4/c1-21(2,3)24(22(4,5)6,23(7,8)9)19-15-11-14-18-20-16-12-10-13-17-20/h10-13,16-17,19H,14,18H2,1-9H3. The van der Waals surface area contributed by atoms with E-state index in [4.69, 9.17) is 0 Å². The first-order chi connectivity index (χ1) is 10.8. The molecule has 0 amide bonds. The molecule has 0 nitrogen and oxygen atoms in total. The van der Waals surface area contributed by atoms with Crippen molar-refractivity contribution >= 4 is 29.4 Å². The molecule has 0 atom stereocenters. The Hall–Kier alpha value is -0.392. The largest absolute Gasteiger partial charge is 0.135 e. The molecule has 0 saturated carbocycles. The molecule has 0 aromatic heterocycles. The van der Waals surface area contributed by atoms with E-state index in [-0.39, 0.29) is 0 Å². The van der Waals surface area contributed by atoms with E-state index in [0.29, 0.717) is 0 Å². The monoisotopic (exact) mass is 390 g/mol. The number of rotatable bonds is 7. The zero-order valence-electron chi connectivity index (χ0n) is 17.5. The van der Waals surface area contributed by atoms with E-state index in [0.717, 1.165) is 12.8 Å². The van der Waals surface area contributed by atoms with Crippen LogP contribution in [0.1, 0.15) is 12.0 Å². The second-order valence-corrected chi connectivity index (χ2v) is 50.6. The molecule has 0 bridgehead atoms. The quantitative estimate of drug-likeness (QED) is 0.365. The van der Waals surface area contributed by atoms with Crippen LogP contribution >= 0.6 is 0 Å². The summed E-state index contributed by atoms with van der Waals surface area (Å²) in [6, 6.07) is 10.8. The van der Waals surface area contributed by atoms with Crippen LogP contribution in [0.15, 0.2) is 47.8 Å². The van der Waals surface area contributed by atoms with Crippen molar-refractivity contribution < 1.29 is 0 Å². The number of hydrogen-bond donors (Lipinski definition) is 0. The third-order valence-electron chi connectivity index (χ3n) is 5.39. The Bertz CT molecular complexity index is 541. The summed E-state index contributed by atoms with van der Waals surface area (Å²) in [7, 11) is -3.62. The van der Waals surface area contributed by atoms with Gasteiger partial charge in [0, 0.05) is 22.8 Å². The Balaban J connectivity index is 3.11. The number of aryl methyl sites for hydroxylation is 1. The van der Waals surface area contributed by atoms with Gasteiger partial charge in [0.15, 0.2) is 0 Å². The molecule has 0 aliphatic rings. The van der Waals surface area contributed by atoms with Gasteiger partial charge in [-0.15, -0.1) is 5.73 Å². The van der Waals surface area contributed by atoms with Crippen LogP contribution in [0.2, 0.25) is 58.9 Å². The molecule has 0 fully saturated rings. The molecule has 0 radical (unpaired) electrons. The van der Waals surface area contributed by atoms with Crippen LogP contribution in [0, 0.1) is 0 Å². The van der Waals surface area contributed by atoms with Crippen LogP contribution in [0.3, 0.4) is 0 Å². The van der Waals surface area contributed by atoms with E-state index < -0.39 is 29.4 Å². The van der Waals surface area contributed by atoms with Gasteiger partial charge < -0.3 is 0 Å². The lowest BCUT2D eigenvalue weighted by atomic mass is 10.1. The van der Waals surface area contributed by atoms with Crippen molar-refractivity contribution in [2.45, 2.75) is 71.8 Å². The van der Waals surface area contributed by atoms with Crippen LogP contribution in [-0.4, -0.2) is 29.4 Å². The summed E-state index contributed by atoms with van der Waals surface area (Å²) in [5, 5.41) is 0. The first kappa shape index (κ1) is 21.6. The van der Waals surface area contributed by atoms with Gasteiger partial charge in [-0.3, -0.25) is 0 Å². The maximum absolute atomic E-state index is 3.73. The minimum absolute atomic E-state index is 1.11. The number of benzene rings is 1. The average Bonchev–Trinajstić information content (AvgIpc) is 2.39. The zero-order valence-corrected chi connectivity index (χ0v) is 21.5. The summed E-state index contributed by atoms with van der Waals surface area (Å²) in [6.07, 6.45) is 4.55. The normalized spacial score (nSPS) is 13.4. The van der Waals surface area contributed by atoms with E-state index in [9.17, 15) is 0 Å². The molecule has 0 spiro atoms. The van der Waals surface area contributed by atoms with E-state index in [1.807, 2.05) is 0 Å². The molecule has 1 rings (SSSR count). The van der Waals surface area contributed by atoms with Crippen LogP contribution in [-0.2, 0) is 6.42 Å². The molecule has 4 heteroatoms. The predicted molar refractivity (Wildman–Crippen MR) is 123 cm³/mol. The minimum Gasteiger partial charge on any atom is -0.135 e. The zero-order chi connectivity index (χ0) is 18.6. The van der Waals surface area contributed by atoms with E-state index in [2.05, 4.69) is 107 Å². The molecule has 134 valence electrons. The van der Waals surface area contributed by atoms with Gasteiger partial charge in [0.05, 0.1) is 6.63 Å². The highest BCUT2D eigenvalue weighted by Gasteiger charge is 2.60. The molecule has 0 heterocycles. The van der Waals surface area contributed by atoms with Crippen LogP contribution < -0.4 is 0 Å². The van der Waals surface area contributed by atoms with Gasteiger partial charge in [0.25, 0.3) is 0 Å². The number of allylic oxidation sites excluding steroid dienone is 1. The summed E-state index contributed by atoms with van der Waals surface area (Å²) in [6.45, 7) is 22.4. The first-order valence-electron chi connectivity index (χ1n) is 9.29. The first-order valence-corrected chi connectivity index (χ1v) is 24.9. The number of hydrogen-bond acceptors (Lipinski definition) is 0. The van der Waals surface area contributed by atoms with Gasteiger partial charge in [-0.2, -0.15) is 0 Å². The highest BCUT2D eigenvalue weighted by Crippen LogP contribution is 2.37. The lowest BCUT2D eigenvalue weighted by Gasteiger charge is -2.55. The third kappa shape index (κ3) is 4.83. The molecule has 1 aromatic rings. The molecule has 24 heavy (non-hydrogen) atoms. The third-order valence-corrected chi connectivity index (χ3v) is 76.2. The van der Waals surface area contributed by atoms with Gasteiger partial charge >= 0.3 is 0 Å². The van der Waals surface area contributed by atoms with Crippen molar-refractivity contribution in [2.75, 3.05) is 0 Å². The molecule has 0 aliphatic carbocycles. The fraction of sp³-hybridized carbons (Fsp3) is 0.550. The molecule has 0 saturated heterocycles. The van der Waals surface area contributed by atoms with Gasteiger partial charge in [0.1, 0.15) is 0 Å². The maximum atomic E-state index is 3.73. The molecule has 0 aliphatic heterocycles. The van der Waals surface area contributed by atoms with E-state index in [1.165, 1.54) is 5.56 Å². The second-order valence-electron chi connectivity index (χ2n) is 10.1. The van der Waals surface area contributed by atoms with Crippen molar-refractivity contribution in [1.29, 1.82) is 0 Å². The Morgan fingerprint density at radius 2 is 1.21 bits per heavy atom. The van der Waals surface area contributed by atoms with E-state index >= 15 is 0 Å². The predicted octanol–water partition coefficient (Wildman–Crippen LogP) is 6.57.